The third kappa shape index (κ3) is 5.53. The Morgan fingerprint density at radius 2 is 1.54 bits per heavy atom. The Bertz CT molecular complexity index is 747. The predicted molar refractivity (Wildman–Crippen MR) is 104 cm³/mol. The Morgan fingerprint density at radius 3 is 2.15 bits per heavy atom. The zero-order valence-electron chi connectivity index (χ0n) is 16.1. The van der Waals surface area contributed by atoms with Crippen LogP contribution in [0.1, 0.15) is 40.5 Å². The topological polar surface area (TPSA) is 43.4 Å². The first-order valence-electron chi connectivity index (χ1n) is 9.02. The first kappa shape index (κ1) is 19.9. The molecule has 0 heterocycles. The van der Waals surface area contributed by atoms with Crippen molar-refractivity contribution in [2.45, 2.75) is 25.9 Å². The number of carbonyl (C=O) groups is 2. The molecule has 0 saturated carbocycles. The van der Waals surface area contributed by atoms with Gasteiger partial charge in [0.05, 0.1) is 26.7 Å². The number of quaternary nitrogens is 1. The Kier molecular flexibility index (Phi) is 6.70. The van der Waals surface area contributed by atoms with Crippen LogP contribution in [0.3, 0.4) is 0 Å². The van der Waals surface area contributed by atoms with E-state index >= 15 is 0 Å². The molecule has 0 aliphatic rings. The van der Waals surface area contributed by atoms with E-state index in [1.807, 2.05) is 12.1 Å². The van der Waals surface area contributed by atoms with Crippen LogP contribution >= 0.6 is 0 Å². The number of ketones is 2. The molecule has 1 unspecified atom stereocenters. The van der Waals surface area contributed by atoms with E-state index in [9.17, 15) is 9.59 Å². The molecule has 4 nitrogen and oxygen atoms in total. The van der Waals surface area contributed by atoms with Crippen molar-refractivity contribution >= 4 is 11.6 Å². The molecule has 0 aliphatic heterocycles. The van der Waals surface area contributed by atoms with Crippen LogP contribution in [0, 0.1) is 0 Å². The lowest BCUT2D eigenvalue weighted by Crippen LogP contribution is -2.43. The molecule has 1 atom stereocenters. The van der Waals surface area contributed by atoms with E-state index in [2.05, 4.69) is 28.1 Å². The maximum absolute atomic E-state index is 12.8. The Morgan fingerprint density at radius 1 is 0.923 bits per heavy atom. The zero-order valence-corrected chi connectivity index (χ0v) is 16.1. The number of hydrogen-bond acceptors (Lipinski definition) is 3. The maximum atomic E-state index is 12.8. The molecule has 0 aromatic heterocycles. The fraction of sp³-hybridized carbons (Fsp3) is 0.364. The summed E-state index contributed by atoms with van der Waals surface area (Å²) in [5.41, 5.74) is 0.715. The minimum atomic E-state index is -0.535. The zero-order chi connectivity index (χ0) is 19.2. The summed E-state index contributed by atoms with van der Waals surface area (Å²) < 4.78 is 6.95. The minimum Gasteiger partial charge on any atom is -0.484 e. The van der Waals surface area contributed by atoms with E-state index in [0.717, 1.165) is 23.9 Å². The molecule has 4 heteroatoms. The molecule has 0 amide bonds. The van der Waals surface area contributed by atoms with Crippen molar-refractivity contribution in [1.82, 2.24) is 0 Å². The van der Waals surface area contributed by atoms with Gasteiger partial charge in [0, 0.05) is 5.56 Å². The molecule has 0 radical (unpaired) electrons. The summed E-state index contributed by atoms with van der Waals surface area (Å²) in [4.78, 5) is 25.3. The van der Waals surface area contributed by atoms with Crippen LogP contribution < -0.4 is 4.74 Å². The van der Waals surface area contributed by atoms with Gasteiger partial charge < -0.3 is 9.22 Å². The number of carbonyl (C=O) groups excluding carboxylic acids is 2. The monoisotopic (exact) mass is 354 g/mol. The number of para-hydroxylation sites is 1. The smallest absolute Gasteiger partial charge is 0.237 e. The normalized spacial score (nSPS) is 12.5. The predicted octanol–water partition coefficient (Wildman–Crippen LogP) is 4.01. The third-order valence-corrected chi connectivity index (χ3v) is 4.03. The summed E-state index contributed by atoms with van der Waals surface area (Å²) in [6.45, 7) is 2.94. The summed E-state index contributed by atoms with van der Waals surface area (Å²) in [5.74, 6) is -0.568. The number of likely N-dealkylation sites (N-methyl/N-ethyl adjacent to an activating group) is 1. The van der Waals surface area contributed by atoms with Gasteiger partial charge in [0.1, 0.15) is 18.4 Å². The van der Waals surface area contributed by atoms with Crippen LogP contribution in [0.2, 0.25) is 0 Å². The van der Waals surface area contributed by atoms with Crippen molar-refractivity contribution in [2.75, 3.05) is 27.7 Å². The molecule has 0 saturated heterocycles. The number of rotatable bonds is 9. The van der Waals surface area contributed by atoms with Crippen molar-refractivity contribution in [2.24, 2.45) is 0 Å². The van der Waals surface area contributed by atoms with Gasteiger partial charge in [-0.1, -0.05) is 55.8 Å². The summed E-state index contributed by atoms with van der Waals surface area (Å²) in [6.07, 6.45) is 1.87. The molecule has 0 fully saturated rings. The molecule has 0 spiro atoms. The second kappa shape index (κ2) is 8.77. The quantitative estimate of drug-likeness (QED) is 0.388. The fourth-order valence-corrected chi connectivity index (χ4v) is 2.90. The first-order chi connectivity index (χ1) is 12.3. The van der Waals surface area contributed by atoms with Gasteiger partial charge in [-0.25, -0.2) is 0 Å². The highest BCUT2D eigenvalue weighted by Gasteiger charge is 2.25. The Hall–Kier alpha value is -2.46. The first-order valence-corrected chi connectivity index (χ1v) is 9.02. The highest BCUT2D eigenvalue weighted by Crippen LogP contribution is 2.23. The van der Waals surface area contributed by atoms with Crippen LogP contribution in [-0.4, -0.2) is 49.8 Å². The third-order valence-electron chi connectivity index (χ3n) is 4.03. The number of Topliss-reactive ketones (excluding diaryl/α,β-unsaturated/α-hetero) is 2. The lowest BCUT2D eigenvalue weighted by Gasteiger charge is -2.29. The van der Waals surface area contributed by atoms with Gasteiger partial charge in [0.2, 0.25) is 11.6 Å². The maximum Gasteiger partial charge on any atom is 0.237 e. The number of hydrogen-bond donors (Lipinski definition) is 0. The SMILES string of the molecule is CCCC(C[N+](C)(C)C)Oc1ccccc1C(=O)C(=O)c1ccccc1. The fourth-order valence-electron chi connectivity index (χ4n) is 2.90. The van der Waals surface area contributed by atoms with Crippen LogP contribution in [0.25, 0.3) is 0 Å². The number of nitrogens with zero attached hydrogens (tertiary/aromatic N) is 1. The second-order valence-corrected chi connectivity index (χ2v) is 7.52. The van der Waals surface area contributed by atoms with Gasteiger partial charge in [-0.2, -0.15) is 0 Å². The number of ether oxygens (including phenoxy) is 1. The minimum absolute atomic E-state index is 0.0132. The van der Waals surface area contributed by atoms with E-state index in [-0.39, 0.29) is 6.10 Å². The van der Waals surface area contributed by atoms with Gasteiger partial charge in [0.25, 0.3) is 0 Å². The molecule has 0 N–H and O–H groups in total. The van der Waals surface area contributed by atoms with Crippen molar-refractivity contribution in [1.29, 1.82) is 0 Å². The Balaban J connectivity index is 2.26. The molecular formula is C22H28NO3+. The molecule has 2 rings (SSSR count). The van der Waals surface area contributed by atoms with E-state index in [4.69, 9.17) is 4.74 Å². The van der Waals surface area contributed by atoms with E-state index in [1.165, 1.54) is 0 Å². The molecule has 26 heavy (non-hydrogen) atoms. The van der Waals surface area contributed by atoms with E-state index < -0.39 is 11.6 Å². The van der Waals surface area contributed by atoms with Gasteiger partial charge in [-0.3, -0.25) is 9.59 Å². The molecule has 2 aromatic carbocycles. The highest BCUT2D eigenvalue weighted by molar-refractivity contribution is 6.49. The molecule has 0 bridgehead atoms. The van der Waals surface area contributed by atoms with E-state index in [0.29, 0.717) is 16.9 Å². The van der Waals surface area contributed by atoms with Crippen LogP contribution in [-0.2, 0) is 0 Å². The van der Waals surface area contributed by atoms with Gasteiger partial charge in [0.15, 0.2) is 0 Å². The summed E-state index contributed by atoms with van der Waals surface area (Å²) in [6, 6.07) is 15.6. The van der Waals surface area contributed by atoms with Crippen LogP contribution in [0.4, 0.5) is 0 Å². The lowest BCUT2D eigenvalue weighted by molar-refractivity contribution is -0.873. The largest absolute Gasteiger partial charge is 0.484 e. The average molecular weight is 354 g/mol. The second-order valence-electron chi connectivity index (χ2n) is 7.52. The molecular weight excluding hydrogens is 326 g/mol. The summed E-state index contributed by atoms with van der Waals surface area (Å²) in [7, 11) is 6.34. The lowest BCUT2D eigenvalue weighted by atomic mass is 10.0. The van der Waals surface area contributed by atoms with Gasteiger partial charge in [-0.15, -0.1) is 0 Å². The summed E-state index contributed by atoms with van der Waals surface area (Å²) in [5, 5.41) is 0. The van der Waals surface area contributed by atoms with Crippen molar-refractivity contribution in [3.63, 3.8) is 0 Å². The standard InChI is InChI=1S/C22H28NO3/c1-5-11-18(16-23(2,3)4)26-20-15-10-9-14-19(20)22(25)21(24)17-12-7-6-8-13-17/h6-10,12-15,18H,5,11,16H2,1-4H3/q+1. The number of benzene rings is 2. The van der Waals surface area contributed by atoms with Crippen molar-refractivity contribution in [3.05, 3.63) is 65.7 Å². The summed E-state index contributed by atoms with van der Waals surface area (Å²) >= 11 is 0. The average Bonchev–Trinajstić information content (AvgIpc) is 2.60. The molecule has 138 valence electrons. The van der Waals surface area contributed by atoms with Crippen LogP contribution in [0.5, 0.6) is 5.75 Å². The van der Waals surface area contributed by atoms with Gasteiger partial charge in [-0.05, 0) is 18.6 Å². The molecule has 0 aliphatic carbocycles. The van der Waals surface area contributed by atoms with Crippen molar-refractivity contribution in [3.8, 4) is 5.75 Å². The highest BCUT2D eigenvalue weighted by atomic mass is 16.5. The van der Waals surface area contributed by atoms with Gasteiger partial charge >= 0.3 is 0 Å². The molecule has 2 aromatic rings. The van der Waals surface area contributed by atoms with Crippen molar-refractivity contribution < 1.29 is 18.8 Å². The van der Waals surface area contributed by atoms with Crippen LogP contribution in [0.15, 0.2) is 54.6 Å². The Labute approximate surface area is 156 Å². The van der Waals surface area contributed by atoms with E-state index in [1.54, 1.807) is 42.5 Å².